The molecule has 1 nitrogen and oxygen atoms in total. The SMILES string of the molecule is Cc1c(F)ccc(C2=C(c3ccc(CC4CN(CCCF)C4)cc3)c3ccccc3CCC2C)c1C. The molecule has 188 valence electrons. The third kappa shape index (κ3) is 4.91. The summed E-state index contributed by atoms with van der Waals surface area (Å²) in [6.07, 6.45) is 3.83. The topological polar surface area (TPSA) is 3.24 Å². The number of rotatable bonds is 7. The summed E-state index contributed by atoms with van der Waals surface area (Å²) in [5.41, 5.74) is 10.8. The predicted molar refractivity (Wildman–Crippen MR) is 146 cm³/mol. The maximum atomic E-state index is 14.4. The standard InChI is InChI=1S/C33H37F2N/c1-22-9-12-27-7-4-5-8-30(27)33(32(22)29-15-16-31(35)24(3)23(29)2)28-13-10-25(11-14-28)19-26-20-36(21-26)18-6-17-34/h4-5,7-8,10-11,13-16,22,26H,6,9,12,17-21H2,1-3H3. The van der Waals surface area contributed by atoms with Crippen molar-refractivity contribution in [3.63, 3.8) is 0 Å². The second kappa shape index (κ2) is 10.7. The van der Waals surface area contributed by atoms with Crippen LogP contribution in [0.5, 0.6) is 0 Å². The monoisotopic (exact) mass is 485 g/mol. The van der Waals surface area contributed by atoms with Crippen LogP contribution in [-0.4, -0.2) is 31.2 Å². The van der Waals surface area contributed by atoms with Crippen molar-refractivity contribution >= 4 is 11.1 Å². The Bertz CT molecular complexity index is 1250. The molecule has 0 bridgehead atoms. The number of alkyl halides is 1. The van der Waals surface area contributed by atoms with Crippen molar-refractivity contribution in [3.8, 4) is 0 Å². The summed E-state index contributed by atoms with van der Waals surface area (Å²) in [6, 6.07) is 21.5. The lowest BCUT2D eigenvalue weighted by Gasteiger charge is -2.39. The van der Waals surface area contributed by atoms with Crippen LogP contribution < -0.4 is 0 Å². The Morgan fingerprint density at radius 2 is 1.64 bits per heavy atom. The third-order valence-corrected chi connectivity index (χ3v) is 8.31. The van der Waals surface area contributed by atoms with Gasteiger partial charge in [-0.2, -0.15) is 0 Å². The number of fused-ring (bicyclic) bond motifs is 1. The summed E-state index contributed by atoms with van der Waals surface area (Å²) in [5.74, 6) is 0.887. The van der Waals surface area contributed by atoms with E-state index in [2.05, 4.69) is 67.3 Å². The molecule has 0 aromatic heterocycles. The molecule has 3 heteroatoms. The van der Waals surface area contributed by atoms with Crippen LogP contribution in [0.4, 0.5) is 8.78 Å². The first-order chi connectivity index (χ1) is 17.5. The summed E-state index contributed by atoms with van der Waals surface area (Å²) in [7, 11) is 0. The molecule has 0 N–H and O–H groups in total. The lowest BCUT2D eigenvalue weighted by Crippen LogP contribution is -2.47. The summed E-state index contributed by atoms with van der Waals surface area (Å²) < 4.78 is 26.8. The summed E-state index contributed by atoms with van der Waals surface area (Å²) >= 11 is 0. The van der Waals surface area contributed by atoms with Crippen molar-refractivity contribution in [1.82, 2.24) is 4.90 Å². The molecule has 0 radical (unpaired) electrons. The van der Waals surface area contributed by atoms with E-state index < -0.39 is 0 Å². The van der Waals surface area contributed by atoms with E-state index in [1.165, 1.54) is 39.0 Å². The fraction of sp³-hybridized carbons (Fsp3) is 0.394. The normalized spacial score (nSPS) is 18.6. The van der Waals surface area contributed by atoms with E-state index in [1.54, 1.807) is 6.07 Å². The number of allylic oxidation sites excluding steroid dienone is 1. The molecule has 3 aromatic carbocycles. The van der Waals surface area contributed by atoms with E-state index in [0.717, 1.165) is 50.0 Å². The zero-order chi connectivity index (χ0) is 25.2. The smallest absolute Gasteiger partial charge is 0.126 e. The maximum absolute atomic E-state index is 14.4. The van der Waals surface area contributed by atoms with Crippen LogP contribution in [0.15, 0.2) is 60.7 Å². The predicted octanol–water partition coefficient (Wildman–Crippen LogP) is 7.82. The molecule has 1 fully saturated rings. The first kappa shape index (κ1) is 24.9. The third-order valence-electron chi connectivity index (χ3n) is 8.31. The number of likely N-dealkylation sites (tertiary alicyclic amines) is 1. The van der Waals surface area contributed by atoms with Gasteiger partial charge in [-0.1, -0.05) is 61.5 Å². The van der Waals surface area contributed by atoms with E-state index in [9.17, 15) is 8.78 Å². The number of halogens is 2. The van der Waals surface area contributed by atoms with E-state index in [-0.39, 0.29) is 12.5 Å². The highest BCUT2D eigenvalue weighted by Gasteiger charge is 2.28. The van der Waals surface area contributed by atoms with Gasteiger partial charge in [-0.25, -0.2) is 4.39 Å². The highest BCUT2D eigenvalue weighted by atomic mass is 19.1. The molecule has 5 rings (SSSR count). The number of hydrogen-bond donors (Lipinski definition) is 0. The van der Waals surface area contributed by atoms with Gasteiger partial charge in [-0.05, 0) is 108 Å². The molecular weight excluding hydrogens is 448 g/mol. The van der Waals surface area contributed by atoms with Gasteiger partial charge in [0.1, 0.15) is 5.82 Å². The van der Waals surface area contributed by atoms with Gasteiger partial charge in [0, 0.05) is 19.6 Å². The van der Waals surface area contributed by atoms with Gasteiger partial charge in [0.2, 0.25) is 0 Å². The van der Waals surface area contributed by atoms with Crippen LogP contribution in [0.1, 0.15) is 58.7 Å². The molecule has 36 heavy (non-hydrogen) atoms. The van der Waals surface area contributed by atoms with E-state index >= 15 is 0 Å². The molecule has 0 amide bonds. The van der Waals surface area contributed by atoms with Crippen LogP contribution in [-0.2, 0) is 12.8 Å². The van der Waals surface area contributed by atoms with E-state index in [1.807, 2.05) is 13.0 Å². The molecule has 1 aliphatic heterocycles. The van der Waals surface area contributed by atoms with Crippen LogP contribution in [0.3, 0.4) is 0 Å². The van der Waals surface area contributed by atoms with Gasteiger partial charge in [0.15, 0.2) is 0 Å². The minimum absolute atomic E-state index is 0.135. The fourth-order valence-electron chi connectivity index (χ4n) is 6.09. The van der Waals surface area contributed by atoms with Gasteiger partial charge in [-0.3, -0.25) is 4.39 Å². The number of hydrogen-bond acceptors (Lipinski definition) is 1. The number of nitrogens with zero attached hydrogens (tertiary/aromatic N) is 1. The molecule has 0 spiro atoms. The average molecular weight is 486 g/mol. The van der Waals surface area contributed by atoms with Crippen molar-refractivity contribution in [2.75, 3.05) is 26.3 Å². The zero-order valence-corrected chi connectivity index (χ0v) is 21.8. The quantitative estimate of drug-likeness (QED) is 0.330. The molecule has 1 saturated heterocycles. The lowest BCUT2D eigenvalue weighted by atomic mass is 9.81. The Hall–Kier alpha value is -2.78. The Balaban J connectivity index is 1.53. The van der Waals surface area contributed by atoms with Gasteiger partial charge in [-0.15, -0.1) is 0 Å². The summed E-state index contributed by atoms with van der Waals surface area (Å²) in [4.78, 5) is 2.35. The molecule has 1 unspecified atom stereocenters. The molecule has 3 aromatic rings. The first-order valence-electron chi connectivity index (χ1n) is 13.4. The molecule has 1 atom stereocenters. The molecule has 1 aliphatic carbocycles. The largest absolute Gasteiger partial charge is 0.303 e. The van der Waals surface area contributed by atoms with Crippen LogP contribution in [0.25, 0.3) is 11.1 Å². The van der Waals surface area contributed by atoms with Crippen molar-refractivity contribution in [3.05, 3.63) is 105 Å². The van der Waals surface area contributed by atoms with Crippen LogP contribution >= 0.6 is 0 Å². The van der Waals surface area contributed by atoms with Crippen LogP contribution in [0, 0.1) is 31.5 Å². The van der Waals surface area contributed by atoms with Crippen molar-refractivity contribution in [1.29, 1.82) is 0 Å². The van der Waals surface area contributed by atoms with E-state index in [0.29, 0.717) is 18.3 Å². The minimum Gasteiger partial charge on any atom is -0.303 e. The lowest BCUT2D eigenvalue weighted by molar-refractivity contribution is 0.0968. The Morgan fingerprint density at radius 1 is 0.889 bits per heavy atom. The Labute approximate surface area is 214 Å². The number of aryl methyl sites for hydroxylation is 1. The van der Waals surface area contributed by atoms with Gasteiger partial charge in [0.05, 0.1) is 6.67 Å². The molecule has 2 aliphatic rings. The van der Waals surface area contributed by atoms with Crippen molar-refractivity contribution in [2.45, 2.75) is 46.5 Å². The Morgan fingerprint density at radius 3 is 2.39 bits per heavy atom. The van der Waals surface area contributed by atoms with Crippen molar-refractivity contribution < 1.29 is 8.78 Å². The Kier molecular flexibility index (Phi) is 7.39. The molecule has 0 saturated carbocycles. The van der Waals surface area contributed by atoms with Gasteiger partial charge < -0.3 is 4.90 Å². The second-order valence-corrected chi connectivity index (χ2v) is 10.8. The maximum Gasteiger partial charge on any atom is 0.126 e. The van der Waals surface area contributed by atoms with E-state index in [4.69, 9.17) is 0 Å². The number of benzene rings is 3. The van der Waals surface area contributed by atoms with Crippen LogP contribution in [0.2, 0.25) is 0 Å². The fourth-order valence-corrected chi connectivity index (χ4v) is 6.09. The summed E-state index contributed by atoms with van der Waals surface area (Å²) in [6.45, 7) is 9.06. The van der Waals surface area contributed by atoms with Gasteiger partial charge in [0.25, 0.3) is 0 Å². The molecule has 1 heterocycles. The average Bonchev–Trinajstić information content (AvgIpc) is 3.01. The van der Waals surface area contributed by atoms with Gasteiger partial charge >= 0.3 is 0 Å². The highest BCUT2D eigenvalue weighted by Crippen LogP contribution is 2.44. The summed E-state index contributed by atoms with van der Waals surface area (Å²) in [5, 5.41) is 0. The second-order valence-electron chi connectivity index (χ2n) is 10.8. The highest BCUT2D eigenvalue weighted by molar-refractivity contribution is 6.01. The minimum atomic E-state index is -0.223. The van der Waals surface area contributed by atoms with Crippen molar-refractivity contribution in [2.24, 2.45) is 11.8 Å². The zero-order valence-electron chi connectivity index (χ0n) is 21.8. The first-order valence-corrected chi connectivity index (χ1v) is 13.4. The molecular formula is C33H37F2N.